The van der Waals surface area contributed by atoms with Gasteiger partial charge in [-0.3, -0.25) is 4.79 Å². The van der Waals surface area contributed by atoms with Crippen LogP contribution in [0.5, 0.6) is 0 Å². The number of hydrogen-bond acceptors (Lipinski definition) is 5. The molecule has 4 N–H and O–H groups in total. The molecule has 1 aromatic rings. The van der Waals surface area contributed by atoms with Crippen LogP contribution in [-0.2, 0) is 0 Å². The van der Waals surface area contributed by atoms with Gasteiger partial charge in [-0.15, -0.1) is 0 Å². The number of likely N-dealkylation sites (tertiary alicyclic amines) is 1. The molecule has 2 heterocycles. The fourth-order valence-electron chi connectivity index (χ4n) is 3.62. The number of aromatic nitrogens is 1. The first-order valence-corrected chi connectivity index (χ1v) is 7.57. The summed E-state index contributed by atoms with van der Waals surface area (Å²) in [5.41, 5.74) is 2.39. The van der Waals surface area contributed by atoms with Crippen molar-refractivity contribution >= 4 is 11.7 Å². The van der Waals surface area contributed by atoms with Crippen LogP contribution in [0.1, 0.15) is 42.5 Å². The quantitative estimate of drug-likeness (QED) is 0.561. The summed E-state index contributed by atoms with van der Waals surface area (Å²) < 4.78 is 0. The molecule has 1 amide bonds. The second-order valence-corrected chi connectivity index (χ2v) is 6.09. The molecule has 114 valence electrons. The molecule has 2 fully saturated rings. The van der Waals surface area contributed by atoms with Crippen LogP contribution in [0, 0.1) is 5.92 Å². The first kappa shape index (κ1) is 14.3. The second kappa shape index (κ2) is 5.61. The van der Waals surface area contributed by atoms with Crippen LogP contribution < -0.4 is 11.3 Å². The van der Waals surface area contributed by atoms with Gasteiger partial charge < -0.3 is 15.4 Å². The molecule has 1 saturated carbocycles. The van der Waals surface area contributed by atoms with Gasteiger partial charge in [0.05, 0.1) is 11.2 Å². The van der Waals surface area contributed by atoms with E-state index in [9.17, 15) is 9.90 Å². The SMILES string of the molecule is NNc1ncccc1C(=O)N1CCC2(O)CCCCC2C1. The van der Waals surface area contributed by atoms with Crippen molar-refractivity contribution in [3.63, 3.8) is 0 Å². The van der Waals surface area contributed by atoms with Crippen molar-refractivity contribution in [2.75, 3.05) is 18.5 Å². The number of hydrazine groups is 1. The number of aliphatic hydroxyl groups is 1. The van der Waals surface area contributed by atoms with Crippen molar-refractivity contribution in [3.05, 3.63) is 23.9 Å². The number of rotatable bonds is 2. The number of carbonyl (C=O) groups is 1. The highest BCUT2D eigenvalue weighted by atomic mass is 16.3. The Morgan fingerprint density at radius 2 is 2.33 bits per heavy atom. The summed E-state index contributed by atoms with van der Waals surface area (Å²) in [5, 5.41) is 10.7. The van der Waals surface area contributed by atoms with Gasteiger partial charge in [0.15, 0.2) is 5.82 Å². The van der Waals surface area contributed by atoms with Crippen LogP contribution in [0.4, 0.5) is 5.82 Å². The zero-order chi connectivity index (χ0) is 14.9. The molecule has 0 bridgehead atoms. The number of fused-ring (bicyclic) bond motifs is 1. The Morgan fingerprint density at radius 3 is 3.14 bits per heavy atom. The smallest absolute Gasteiger partial charge is 0.257 e. The minimum absolute atomic E-state index is 0.0660. The normalized spacial score (nSPS) is 28.9. The predicted molar refractivity (Wildman–Crippen MR) is 79.5 cm³/mol. The molecule has 0 radical (unpaired) electrons. The molecular formula is C15H22N4O2. The molecule has 6 heteroatoms. The summed E-state index contributed by atoms with van der Waals surface area (Å²) in [4.78, 5) is 18.6. The average molecular weight is 290 g/mol. The summed E-state index contributed by atoms with van der Waals surface area (Å²) in [5.74, 6) is 5.94. The average Bonchev–Trinajstić information content (AvgIpc) is 2.53. The number of hydrogen-bond donors (Lipinski definition) is 3. The summed E-state index contributed by atoms with van der Waals surface area (Å²) in [6.07, 6.45) is 6.34. The minimum Gasteiger partial charge on any atom is -0.389 e. The van der Waals surface area contributed by atoms with E-state index in [0.29, 0.717) is 30.9 Å². The molecule has 1 saturated heterocycles. The van der Waals surface area contributed by atoms with Gasteiger partial charge in [0.25, 0.3) is 5.91 Å². The van der Waals surface area contributed by atoms with Crippen molar-refractivity contribution < 1.29 is 9.90 Å². The van der Waals surface area contributed by atoms with Gasteiger partial charge in [-0.1, -0.05) is 12.8 Å². The van der Waals surface area contributed by atoms with Gasteiger partial charge in [-0.2, -0.15) is 0 Å². The number of carbonyl (C=O) groups excluding carboxylic acids is 1. The number of nitrogens with one attached hydrogen (secondary N) is 1. The first-order valence-electron chi connectivity index (χ1n) is 7.57. The molecule has 0 aromatic carbocycles. The topological polar surface area (TPSA) is 91.5 Å². The number of nitrogens with two attached hydrogens (primary N) is 1. The summed E-state index contributed by atoms with van der Waals surface area (Å²) >= 11 is 0. The molecule has 21 heavy (non-hydrogen) atoms. The Balaban J connectivity index is 1.77. The van der Waals surface area contributed by atoms with Crippen LogP contribution in [0.15, 0.2) is 18.3 Å². The largest absolute Gasteiger partial charge is 0.389 e. The van der Waals surface area contributed by atoms with Gasteiger partial charge >= 0.3 is 0 Å². The van der Waals surface area contributed by atoms with E-state index in [2.05, 4.69) is 10.4 Å². The first-order chi connectivity index (χ1) is 10.1. The Kier molecular flexibility index (Phi) is 3.82. The van der Waals surface area contributed by atoms with Gasteiger partial charge in [0.2, 0.25) is 0 Å². The third-order valence-corrected chi connectivity index (χ3v) is 4.89. The van der Waals surface area contributed by atoms with E-state index in [1.807, 2.05) is 4.90 Å². The molecule has 1 aliphatic heterocycles. The van der Waals surface area contributed by atoms with Gasteiger partial charge in [-0.25, -0.2) is 10.8 Å². The van der Waals surface area contributed by atoms with E-state index >= 15 is 0 Å². The van der Waals surface area contributed by atoms with E-state index in [0.717, 1.165) is 25.7 Å². The zero-order valence-corrected chi connectivity index (χ0v) is 12.1. The highest BCUT2D eigenvalue weighted by Crippen LogP contribution is 2.40. The zero-order valence-electron chi connectivity index (χ0n) is 12.1. The lowest BCUT2D eigenvalue weighted by molar-refractivity contribution is -0.0886. The lowest BCUT2D eigenvalue weighted by atomic mass is 9.71. The van der Waals surface area contributed by atoms with E-state index < -0.39 is 5.60 Å². The van der Waals surface area contributed by atoms with Crippen molar-refractivity contribution in [1.82, 2.24) is 9.88 Å². The standard InChI is InChI=1S/C15H22N4O2/c16-18-13-12(5-3-8-17-13)14(20)19-9-7-15(21)6-2-1-4-11(15)10-19/h3,5,8,11,21H,1-2,4,6-7,9-10,16H2,(H,17,18). The maximum Gasteiger partial charge on any atom is 0.257 e. The van der Waals surface area contributed by atoms with Crippen LogP contribution >= 0.6 is 0 Å². The molecular weight excluding hydrogens is 268 g/mol. The van der Waals surface area contributed by atoms with Crippen LogP contribution in [-0.4, -0.2) is 39.6 Å². The molecule has 3 rings (SSSR count). The lowest BCUT2D eigenvalue weighted by Crippen LogP contribution is -2.54. The molecule has 6 nitrogen and oxygen atoms in total. The van der Waals surface area contributed by atoms with Gasteiger partial charge in [-0.05, 0) is 31.4 Å². The van der Waals surface area contributed by atoms with Crippen molar-refractivity contribution in [1.29, 1.82) is 0 Å². The second-order valence-electron chi connectivity index (χ2n) is 6.09. The number of piperidine rings is 1. The Hall–Kier alpha value is -1.66. The van der Waals surface area contributed by atoms with Crippen LogP contribution in [0.2, 0.25) is 0 Å². The molecule has 2 aliphatic rings. The maximum atomic E-state index is 12.7. The fraction of sp³-hybridized carbons (Fsp3) is 0.600. The highest BCUT2D eigenvalue weighted by Gasteiger charge is 2.43. The van der Waals surface area contributed by atoms with Crippen molar-refractivity contribution in [2.24, 2.45) is 11.8 Å². The Bertz CT molecular complexity index is 536. The van der Waals surface area contributed by atoms with E-state index in [1.54, 1.807) is 18.3 Å². The van der Waals surface area contributed by atoms with E-state index in [4.69, 9.17) is 5.84 Å². The number of pyridine rings is 1. The Labute approximate surface area is 124 Å². The third kappa shape index (κ3) is 2.61. The predicted octanol–water partition coefficient (Wildman–Crippen LogP) is 1.13. The number of nitrogen functional groups attached to an aromatic ring is 1. The highest BCUT2D eigenvalue weighted by molar-refractivity contribution is 5.98. The summed E-state index contributed by atoms with van der Waals surface area (Å²) in [6, 6.07) is 3.46. The maximum absolute atomic E-state index is 12.7. The van der Waals surface area contributed by atoms with E-state index in [-0.39, 0.29) is 11.8 Å². The summed E-state index contributed by atoms with van der Waals surface area (Å²) in [7, 11) is 0. The summed E-state index contributed by atoms with van der Waals surface area (Å²) in [6.45, 7) is 1.21. The monoisotopic (exact) mass is 290 g/mol. The minimum atomic E-state index is -0.571. The molecule has 2 unspecified atom stereocenters. The third-order valence-electron chi connectivity index (χ3n) is 4.89. The number of anilines is 1. The van der Waals surface area contributed by atoms with Crippen molar-refractivity contribution in [2.45, 2.75) is 37.7 Å². The number of amides is 1. The van der Waals surface area contributed by atoms with Gasteiger partial charge in [0.1, 0.15) is 0 Å². The molecule has 0 spiro atoms. The van der Waals surface area contributed by atoms with Crippen LogP contribution in [0.25, 0.3) is 0 Å². The lowest BCUT2D eigenvalue weighted by Gasteiger charge is -2.47. The van der Waals surface area contributed by atoms with E-state index in [1.165, 1.54) is 0 Å². The van der Waals surface area contributed by atoms with Gasteiger partial charge in [0, 0.05) is 25.2 Å². The number of nitrogens with zero attached hydrogens (tertiary/aromatic N) is 2. The Morgan fingerprint density at radius 1 is 1.48 bits per heavy atom. The van der Waals surface area contributed by atoms with Crippen molar-refractivity contribution in [3.8, 4) is 0 Å². The molecule has 1 aliphatic carbocycles. The fourth-order valence-corrected chi connectivity index (χ4v) is 3.62. The molecule has 1 aromatic heterocycles. The van der Waals surface area contributed by atoms with Crippen LogP contribution in [0.3, 0.4) is 0 Å². The molecule has 2 atom stereocenters.